The summed E-state index contributed by atoms with van der Waals surface area (Å²) < 4.78 is 26.3. The number of carbonyl (C=O) groups is 1. The van der Waals surface area contributed by atoms with Gasteiger partial charge in [-0.15, -0.1) is 0 Å². The third kappa shape index (κ3) is 19.6. The molecule has 0 saturated heterocycles. The first-order chi connectivity index (χ1) is 32.6. The molecule has 0 aromatic rings. The summed E-state index contributed by atoms with van der Waals surface area (Å²) in [6, 6.07) is 0. The van der Waals surface area contributed by atoms with Crippen molar-refractivity contribution in [3.63, 3.8) is 0 Å². The molecule has 8 nitrogen and oxygen atoms in total. The zero-order chi connectivity index (χ0) is 49.5. The van der Waals surface area contributed by atoms with Gasteiger partial charge in [0.1, 0.15) is 12.4 Å². The number of unbranched alkanes of at least 4 members (excludes halogenated alkanes) is 15. The summed E-state index contributed by atoms with van der Waals surface area (Å²) in [6.45, 7) is 24.5. The summed E-state index contributed by atoms with van der Waals surface area (Å²) in [5, 5.41) is 18.7. The Hall–Kier alpha value is -0.813. The van der Waals surface area contributed by atoms with Gasteiger partial charge >= 0.3 is 14.5 Å². The fraction of sp³-hybridized carbons (Fsp3) is 0.949. The van der Waals surface area contributed by atoms with Crippen LogP contribution in [0.25, 0.3) is 0 Å². The van der Waals surface area contributed by atoms with Crippen LogP contribution in [0.5, 0.6) is 0 Å². The van der Waals surface area contributed by atoms with E-state index in [0.717, 1.165) is 101 Å². The normalized spacial score (nSPS) is 28.4. The number of hydrogen-bond acceptors (Lipinski definition) is 8. The van der Waals surface area contributed by atoms with E-state index >= 15 is 0 Å². The van der Waals surface area contributed by atoms with Gasteiger partial charge in [0.25, 0.3) is 0 Å². The summed E-state index contributed by atoms with van der Waals surface area (Å²) in [6.07, 6.45) is 40.9. The molecule has 4 saturated carbocycles. The average Bonchev–Trinajstić information content (AvgIpc) is 3.65. The SMILES string of the molecule is CCCCCCCC/C=C\CCCCCCCCOC(CC[C@@H](C)C1CCC2C3CCC4C[C@H](OC(=O)C(C)(C)C)CC[C@]4(C)C3CC[C@@]21C)O[Si](C)(C)OCCCCCCN(CCO)CCO. The van der Waals surface area contributed by atoms with Crippen LogP contribution in [0.4, 0.5) is 0 Å². The van der Waals surface area contributed by atoms with E-state index in [1.165, 1.54) is 128 Å². The molecule has 0 heterocycles. The third-order valence-corrected chi connectivity index (χ3v) is 19.9. The highest BCUT2D eigenvalue weighted by molar-refractivity contribution is 6.64. The molecular weight excluding hydrogens is 863 g/mol. The van der Waals surface area contributed by atoms with E-state index in [0.29, 0.717) is 35.8 Å². The van der Waals surface area contributed by atoms with Crippen molar-refractivity contribution in [3.05, 3.63) is 12.2 Å². The molecule has 4 fully saturated rings. The van der Waals surface area contributed by atoms with Gasteiger partial charge in [0.15, 0.2) is 0 Å². The van der Waals surface area contributed by atoms with Gasteiger partial charge in [-0.25, -0.2) is 0 Å². The topological polar surface area (TPSA) is 97.7 Å². The van der Waals surface area contributed by atoms with Gasteiger partial charge in [0.05, 0.1) is 18.6 Å². The van der Waals surface area contributed by atoms with Crippen molar-refractivity contribution < 1.29 is 33.3 Å². The van der Waals surface area contributed by atoms with E-state index in [4.69, 9.17) is 18.3 Å². The molecule has 398 valence electrons. The van der Waals surface area contributed by atoms with Gasteiger partial charge in [-0.3, -0.25) is 9.69 Å². The Morgan fingerprint density at radius 3 is 1.94 bits per heavy atom. The lowest BCUT2D eigenvalue weighted by atomic mass is 9.44. The van der Waals surface area contributed by atoms with Crippen LogP contribution >= 0.6 is 0 Å². The van der Waals surface area contributed by atoms with E-state index in [1.54, 1.807) is 0 Å². The molecule has 0 aromatic heterocycles. The van der Waals surface area contributed by atoms with Crippen LogP contribution in [0.2, 0.25) is 13.1 Å². The average molecular weight is 975 g/mol. The summed E-state index contributed by atoms with van der Waals surface area (Å²) in [5.41, 5.74) is 0.359. The lowest BCUT2D eigenvalue weighted by Crippen LogP contribution is -2.54. The number of fused-ring (bicyclic) bond motifs is 5. The maximum Gasteiger partial charge on any atom is 0.333 e. The quantitative estimate of drug-likeness (QED) is 0.0211. The second-order valence-corrected chi connectivity index (χ2v) is 28.1. The number of carbonyl (C=O) groups excluding carboxylic acids is 1. The smallest absolute Gasteiger partial charge is 0.333 e. The summed E-state index contributed by atoms with van der Waals surface area (Å²) >= 11 is 0. The number of aliphatic hydroxyl groups is 2. The number of nitrogens with zero attached hydrogens (tertiary/aromatic N) is 1. The molecular formula is C59H111NO7Si. The Kier molecular flexibility index (Phi) is 27.3. The predicted octanol–water partition coefficient (Wildman–Crippen LogP) is 15.0. The first kappa shape index (κ1) is 59.7. The summed E-state index contributed by atoms with van der Waals surface area (Å²) in [4.78, 5) is 15.0. The number of hydrogen-bond donors (Lipinski definition) is 2. The van der Waals surface area contributed by atoms with Crippen LogP contribution in [-0.4, -0.2) is 88.1 Å². The molecule has 10 atom stereocenters. The van der Waals surface area contributed by atoms with E-state index < -0.39 is 14.0 Å². The molecule has 0 bridgehead atoms. The molecule has 0 spiro atoms. The molecule has 0 radical (unpaired) electrons. The lowest BCUT2D eigenvalue weighted by molar-refractivity contribution is -0.170. The number of allylic oxidation sites excluding steroid dienone is 2. The summed E-state index contributed by atoms with van der Waals surface area (Å²) in [5.74, 6) is 4.52. The zero-order valence-electron chi connectivity index (χ0n) is 46.1. The second-order valence-electron chi connectivity index (χ2n) is 24.8. The predicted molar refractivity (Wildman–Crippen MR) is 286 cm³/mol. The highest BCUT2D eigenvalue weighted by Gasteiger charge is 2.61. The van der Waals surface area contributed by atoms with E-state index in [2.05, 4.69) is 57.8 Å². The standard InChI is InChI=1S/C59H111NO7Si/c1-10-11-12-13-14-15-16-17-18-19-20-21-22-23-25-28-45-64-55(67-68(8,9)65-46-29-26-24-27-40-60(41-43-61)42-44-62)35-30-48(2)52-33-34-53-51-32-31-49-47-50(66-56(63)57(3,4)5)36-38-58(49,6)54(51)37-39-59(52,53)7/h17-18,48-55,61-62H,10-16,19-47H2,1-9H3/b18-17-/t48-,49?,50-,51?,52?,53?,54?,55?,58+,59-/m1/s1. The Morgan fingerprint density at radius 2 is 1.29 bits per heavy atom. The molecule has 4 aliphatic rings. The molecule has 68 heavy (non-hydrogen) atoms. The van der Waals surface area contributed by atoms with Crippen LogP contribution in [0.1, 0.15) is 235 Å². The van der Waals surface area contributed by atoms with Crippen molar-refractivity contribution in [2.45, 2.75) is 260 Å². The Morgan fingerprint density at radius 1 is 0.706 bits per heavy atom. The molecule has 4 aliphatic carbocycles. The molecule has 0 aliphatic heterocycles. The number of rotatable bonds is 36. The van der Waals surface area contributed by atoms with Crippen molar-refractivity contribution >= 4 is 14.5 Å². The molecule has 4 rings (SSSR count). The molecule has 0 amide bonds. The van der Waals surface area contributed by atoms with Gasteiger partial charge in [0.2, 0.25) is 0 Å². The minimum absolute atomic E-state index is 0.0334. The Bertz CT molecular complexity index is 1380. The fourth-order valence-corrected chi connectivity index (χ4v) is 15.6. The van der Waals surface area contributed by atoms with E-state index in [9.17, 15) is 15.0 Å². The Labute approximate surface area is 421 Å². The second kappa shape index (κ2) is 31.0. The summed E-state index contributed by atoms with van der Waals surface area (Å²) in [7, 11) is -2.41. The highest BCUT2D eigenvalue weighted by atomic mass is 28.4. The largest absolute Gasteiger partial charge is 0.462 e. The zero-order valence-corrected chi connectivity index (χ0v) is 47.1. The van der Waals surface area contributed by atoms with Gasteiger partial charge in [-0.05, 0) is 202 Å². The van der Waals surface area contributed by atoms with Crippen molar-refractivity contribution in [1.29, 1.82) is 0 Å². The van der Waals surface area contributed by atoms with Crippen LogP contribution in [0.3, 0.4) is 0 Å². The van der Waals surface area contributed by atoms with E-state index in [1.807, 2.05) is 20.8 Å². The third-order valence-electron chi connectivity index (χ3n) is 18.1. The molecule has 0 aromatic carbocycles. The molecule has 2 N–H and O–H groups in total. The van der Waals surface area contributed by atoms with Gasteiger partial charge < -0.3 is 28.5 Å². The van der Waals surface area contributed by atoms with Gasteiger partial charge in [0, 0.05) is 26.3 Å². The maximum atomic E-state index is 12.8. The van der Waals surface area contributed by atoms with Gasteiger partial charge in [-0.2, -0.15) is 0 Å². The minimum Gasteiger partial charge on any atom is -0.462 e. The van der Waals surface area contributed by atoms with Crippen molar-refractivity contribution in [3.8, 4) is 0 Å². The lowest BCUT2D eigenvalue weighted by Gasteiger charge is -2.61. The van der Waals surface area contributed by atoms with Crippen LogP contribution in [0, 0.1) is 51.8 Å². The first-order valence-corrected chi connectivity index (χ1v) is 32.1. The molecule has 6 unspecified atom stereocenters. The van der Waals surface area contributed by atoms with Crippen molar-refractivity contribution in [1.82, 2.24) is 4.90 Å². The first-order valence-electron chi connectivity index (χ1n) is 29.3. The number of esters is 1. The maximum absolute atomic E-state index is 12.8. The molecule has 9 heteroatoms. The van der Waals surface area contributed by atoms with Crippen molar-refractivity contribution in [2.75, 3.05) is 46.1 Å². The van der Waals surface area contributed by atoms with Crippen molar-refractivity contribution in [2.24, 2.45) is 51.8 Å². The fourth-order valence-electron chi connectivity index (χ4n) is 14.0. The highest BCUT2D eigenvalue weighted by Crippen LogP contribution is 2.68. The van der Waals surface area contributed by atoms with Gasteiger partial charge in [-0.1, -0.05) is 110 Å². The minimum atomic E-state index is -2.41. The van der Waals surface area contributed by atoms with E-state index in [-0.39, 0.29) is 31.6 Å². The van der Waals surface area contributed by atoms with Crippen LogP contribution < -0.4 is 0 Å². The monoisotopic (exact) mass is 974 g/mol. The number of ether oxygens (including phenoxy) is 2. The van der Waals surface area contributed by atoms with Crippen LogP contribution in [-0.2, 0) is 23.1 Å². The number of aliphatic hydroxyl groups excluding tert-OH is 2. The van der Waals surface area contributed by atoms with Crippen LogP contribution in [0.15, 0.2) is 12.2 Å². The Balaban J connectivity index is 1.23.